The Balaban J connectivity index is 1.86. The fourth-order valence-electron chi connectivity index (χ4n) is 2.01. The van der Waals surface area contributed by atoms with Gasteiger partial charge in [0, 0.05) is 18.0 Å². The lowest BCUT2D eigenvalue weighted by atomic mass is 10.1. The first-order valence-corrected chi connectivity index (χ1v) is 7.15. The summed E-state index contributed by atoms with van der Waals surface area (Å²) in [6.45, 7) is 2.44. The molecule has 1 aromatic carbocycles. The predicted molar refractivity (Wildman–Crippen MR) is 80.8 cm³/mol. The van der Waals surface area contributed by atoms with Gasteiger partial charge in [0.25, 0.3) is 0 Å². The Bertz CT molecular complexity index is 761. The highest BCUT2D eigenvalue weighted by molar-refractivity contribution is 6.32. The molecule has 0 bridgehead atoms. The molecule has 0 fully saturated rings. The number of aromatic nitrogens is 4. The zero-order valence-electron chi connectivity index (χ0n) is 11.9. The van der Waals surface area contributed by atoms with Crippen molar-refractivity contribution in [2.45, 2.75) is 13.3 Å². The second kappa shape index (κ2) is 6.53. The first-order chi connectivity index (χ1) is 10.8. The van der Waals surface area contributed by atoms with Crippen molar-refractivity contribution in [1.29, 1.82) is 0 Å². The normalized spacial score (nSPS) is 10.6. The molecule has 112 valence electrons. The van der Waals surface area contributed by atoms with Crippen molar-refractivity contribution in [3.05, 3.63) is 53.3 Å². The molecular formula is C15H13ClN4O2. The number of para-hydroxylation sites is 1. The summed E-state index contributed by atoms with van der Waals surface area (Å²) < 4.78 is 10.9. The first-order valence-electron chi connectivity index (χ1n) is 6.77. The van der Waals surface area contributed by atoms with Crippen LogP contribution in [0.15, 0.2) is 41.3 Å². The quantitative estimate of drug-likeness (QED) is 0.719. The van der Waals surface area contributed by atoms with E-state index in [0.717, 1.165) is 5.56 Å². The molecule has 0 aliphatic heterocycles. The summed E-state index contributed by atoms with van der Waals surface area (Å²) >= 11 is 6.17. The predicted octanol–water partition coefficient (Wildman–Crippen LogP) is 3.17. The third-order valence-corrected chi connectivity index (χ3v) is 3.24. The third-order valence-electron chi connectivity index (χ3n) is 2.94. The van der Waals surface area contributed by atoms with Crippen LogP contribution in [0.4, 0.5) is 0 Å². The summed E-state index contributed by atoms with van der Waals surface area (Å²) in [6.07, 6.45) is 5.18. The number of halogens is 1. The van der Waals surface area contributed by atoms with Crippen LogP contribution in [-0.2, 0) is 6.42 Å². The molecule has 22 heavy (non-hydrogen) atoms. The third kappa shape index (κ3) is 3.07. The van der Waals surface area contributed by atoms with Crippen LogP contribution in [-0.4, -0.2) is 26.7 Å². The number of nitrogens with zero attached hydrogens (tertiary/aromatic N) is 4. The van der Waals surface area contributed by atoms with Gasteiger partial charge < -0.3 is 9.26 Å². The van der Waals surface area contributed by atoms with E-state index in [0.29, 0.717) is 41.2 Å². The smallest absolute Gasteiger partial charge is 0.231 e. The molecule has 0 spiro atoms. The van der Waals surface area contributed by atoms with Gasteiger partial charge in [-0.3, -0.25) is 4.98 Å². The highest BCUT2D eigenvalue weighted by atomic mass is 35.5. The Morgan fingerprint density at radius 1 is 1.27 bits per heavy atom. The lowest BCUT2D eigenvalue weighted by molar-refractivity contribution is 0.334. The van der Waals surface area contributed by atoms with E-state index < -0.39 is 0 Å². The average molecular weight is 317 g/mol. The zero-order valence-corrected chi connectivity index (χ0v) is 12.6. The summed E-state index contributed by atoms with van der Waals surface area (Å²) in [5.74, 6) is 1.51. The summed E-state index contributed by atoms with van der Waals surface area (Å²) in [4.78, 5) is 12.4. The van der Waals surface area contributed by atoms with Crippen molar-refractivity contribution in [3.8, 4) is 17.3 Å². The van der Waals surface area contributed by atoms with Gasteiger partial charge in [0.2, 0.25) is 11.7 Å². The average Bonchev–Trinajstić information content (AvgIpc) is 3.00. The largest absolute Gasteiger partial charge is 0.492 e. The molecule has 0 amide bonds. The van der Waals surface area contributed by atoms with Crippen LogP contribution in [0.2, 0.25) is 5.02 Å². The molecule has 0 unspecified atom stereocenters. The van der Waals surface area contributed by atoms with Crippen molar-refractivity contribution in [2.24, 2.45) is 0 Å². The molecule has 7 heteroatoms. The van der Waals surface area contributed by atoms with Crippen LogP contribution in [0, 0.1) is 0 Å². The standard InChI is InChI=1S/C15H13ClN4O2/c1-2-21-14-10(4-3-5-11(14)16)8-13-19-15(20-22-13)12-9-17-6-7-18-12/h3-7,9H,2,8H2,1H3. The summed E-state index contributed by atoms with van der Waals surface area (Å²) in [6, 6.07) is 5.57. The van der Waals surface area contributed by atoms with Crippen molar-refractivity contribution in [1.82, 2.24) is 20.1 Å². The van der Waals surface area contributed by atoms with Gasteiger partial charge in [0.05, 0.1) is 24.2 Å². The van der Waals surface area contributed by atoms with Gasteiger partial charge in [-0.15, -0.1) is 0 Å². The van der Waals surface area contributed by atoms with Crippen molar-refractivity contribution >= 4 is 11.6 Å². The molecule has 2 aromatic heterocycles. The number of benzene rings is 1. The van der Waals surface area contributed by atoms with Crippen LogP contribution in [0.5, 0.6) is 5.75 Å². The molecule has 0 radical (unpaired) electrons. The Morgan fingerprint density at radius 3 is 2.95 bits per heavy atom. The molecule has 0 saturated carbocycles. The number of ether oxygens (including phenoxy) is 1. The molecule has 3 aromatic rings. The van der Waals surface area contributed by atoms with E-state index in [-0.39, 0.29) is 0 Å². The maximum absolute atomic E-state index is 6.17. The molecule has 2 heterocycles. The molecule has 0 saturated heterocycles. The molecular weight excluding hydrogens is 304 g/mol. The minimum absolute atomic E-state index is 0.406. The Kier molecular flexibility index (Phi) is 4.29. The highest BCUT2D eigenvalue weighted by Gasteiger charge is 2.14. The second-order valence-electron chi connectivity index (χ2n) is 4.44. The minimum atomic E-state index is 0.406. The van der Waals surface area contributed by atoms with Gasteiger partial charge in [0.1, 0.15) is 11.4 Å². The van der Waals surface area contributed by atoms with Crippen LogP contribution in [0.25, 0.3) is 11.5 Å². The topological polar surface area (TPSA) is 73.9 Å². The van der Waals surface area contributed by atoms with E-state index in [4.69, 9.17) is 20.9 Å². The van der Waals surface area contributed by atoms with E-state index in [1.54, 1.807) is 24.7 Å². The van der Waals surface area contributed by atoms with Gasteiger partial charge >= 0.3 is 0 Å². The van der Waals surface area contributed by atoms with Crippen LogP contribution < -0.4 is 4.74 Å². The molecule has 0 atom stereocenters. The van der Waals surface area contributed by atoms with Crippen molar-refractivity contribution in [3.63, 3.8) is 0 Å². The van der Waals surface area contributed by atoms with Crippen LogP contribution in [0.3, 0.4) is 0 Å². The summed E-state index contributed by atoms with van der Waals surface area (Å²) in [5.41, 5.74) is 1.46. The van der Waals surface area contributed by atoms with Gasteiger partial charge in [0.15, 0.2) is 0 Å². The maximum Gasteiger partial charge on any atom is 0.231 e. The van der Waals surface area contributed by atoms with E-state index in [1.807, 2.05) is 19.1 Å². The van der Waals surface area contributed by atoms with Crippen molar-refractivity contribution < 1.29 is 9.26 Å². The van der Waals surface area contributed by atoms with Crippen LogP contribution >= 0.6 is 11.6 Å². The SMILES string of the molecule is CCOc1c(Cl)cccc1Cc1nc(-c2cnccn2)no1. The molecule has 0 N–H and O–H groups in total. The Morgan fingerprint density at radius 2 is 2.18 bits per heavy atom. The van der Waals surface area contributed by atoms with E-state index in [9.17, 15) is 0 Å². The lowest BCUT2D eigenvalue weighted by Gasteiger charge is -2.10. The fraction of sp³-hybridized carbons (Fsp3) is 0.200. The van der Waals surface area contributed by atoms with E-state index in [1.165, 1.54) is 0 Å². The first kappa shape index (κ1) is 14.5. The number of hydrogen-bond acceptors (Lipinski definition) is 6. The zero-order chi connectivity index (χ0) is 15.4. The monoisotopic (exact) mass is 316 g/mol. The van der Waals surface area contributed by atoms with Gasteiger partial charge in [-0.1, -0.05) is 28.9 Å². The van der Waals surface area contributed by atoms with E-state index in [2.05, 4.69) is 20.1 Å². The summed E-state index contributed by atoms with van der Waals surface area (Å²) in [5, 5.41) is 4.48. The molecule has 6 nitrogen and oxygen atoms in total. The maximum atomic E-state index is 6.17. The summed E-state index contributed by atoms with van der Waals surface area (Å²) in [7, 11) is 0. The molecule has 0 aliphatic rings. The number of rotatable bonds is 5. The van der Waals surface area contributed by atoms with E-state index >= 15 is 0 Å². The minimum Gasteiger partial charge on any atom is -0.492 e. The van der Waals surface area contributed by atoms with Gasteiger partial charge in [-0.2, -0.15) is 4.98 Å². The number of hydrogen-bond donors (Lipinski definition) is 0. The Labute approximate surface area is 132 Å². The molecule has 0 aliphatic carbocycles. The van der Waals surface area contributed by atoms with Crippen molar-refractivity contribution in [2.75, 3.05) is 6.61 Å². The van der Waals surface area contributed by atoms with Gasteiger partial charge in [-0.05, 0) is 13.0 Å². The molecule has 3 rings (SSSR count). The van der Waals surface area contributed by atoms with Crippen LogP contribution in [0.1, 0.15) is 18.4 Å². The van der Waals surface area contributed by atoms with Gasteiger partial charge in [-0.25, -0.2) is 4.98 Å². The highest BCUT2D eigenvalue weighted by Crippen LogP contribution is 2.30. The lowest BCUT2D eigenvalue weighted by Crippen LogP contribution is -1.98. The Hall–Kier alpha value is -2.47. The fourth-order valence-corrected chi connectivity index (χ4v) is 2.26. The second-order valence-corrected chi connectivity index (χ2v) is 4.85.